The summed E-state index contributed by atoms with van der Waals surface area (Å²) in [7, 11) is 0. The van der Waals surface area contributed by atoms with Crippen LogP contribution in [-0.4, -0.2) is 29.1 Å². The number of nitrogens with one attached hydrogen (secondary N) is 1. The van der Waals surface area contributed by atoms with E-state index in [4.69, 9.17) is 0 Å². The van der Waals surface area contributed by atoms with Gasteiger partial charge in [0.05, 0.1) is 0 Å². The second-order valence-corrected chi connectivity index (χ2v) is 7.80. The summed E-state index contributed by atoms with van der Waals surface area (Å²) in [5.41, 5.74) is 3.26. The van der Waals surface area contributed by atoms with Gasteiger partial charge in [-0.25, -0.2) is 0 Å². The highest BCUT2D eigenvalue weighted by Gasteiger charge is 2.37. The Labute approximate surface area is 124 Å². The molecule has 2 nitrogen and oxygen atoms in total. The molecular formula is C18H30N2. The molecule has 0 amide bonds. The van der Waals surface area contributed by atoms with Gasteiger partial charge < -0.3 is 5.32 Å². The number of nitrogens with zero attached hydrogens (tertiary/aromatic N) is 1. The molecule has 0 saturated carbocycles. The molecule has 1 aromatic carbocycles. The minimum atomic E-state index is 0.202. The number of piperazine rings is 1. The summed E-state index contributed by atoms with van der Waals surface area (Å²) in [5.74, 6) is 0.610. The van der Waals surface area contributed by atoms with Crippen molar-refractivity contribution in [2.45, 2.75) is 65.1 Å². The van der Waals surface area contributed by atoms with Gasteiger partial charge in [-0.2, -0.15) is 0 Å². The highest BCUT2D eigenvalue weighted by Crippen LogP contribution is 2.26. The van der Waals surface area contributed by atoms with Crippen LogP contribution in [0.3, 0.4) is 0 Å². The van der Waals surface area contributed by atoms with Gasteiger partial charge in [-0.05, 0) is 44.7 Å². The average molecular weight is 274 g/mol. The van der Waals surface area contributed by atoms with Crippen LogP contribution in [-0.2, 0) is 6.54 Å². The van der Waals surface area contributed by atoms with E-state index in [-0.39, 0.29) is 11.1 Å². The normalized spacial score (nSPS) is 22.1. The standard InChI is InChI=1S/C18H30N2/c1-14(2)16-9-7-15(8-10-16)11-20-13-17(3,4)19-12-18(20,5)6/h7-10,14,19H,11-13H2,1-6H3. The van der Waals surface area contributed by atoms with E-state index in [1.54, 1.807) is 0 Å². The van der Waals surface area contributed by atoms with E-state index in [9.17, 15) is 0 Å². The molecule has 1 aliphatic heterocycles. The molecule has 1 N–H and O–H groups in total. The molecule has 2 rings (SSSR count). The lowest BCUT2D eigenvalue weighted by molar-refractivity contribution is 0.0324. The van der Waals surface area contributed by atoms with Crippen molar-refractivity contribution in [2.24, 2.45) is 0 Å². The molecule has 0 bridgehead atoms. The van der Waals surface area contributed by atoms with Gasteiger partial charge in [0.25, 0.3) is 0 Å². The van der Waals surface area contributed by atoms with Crippen LogP contribution in [0.5, 0.6) is 0 Å². The molecule has 0 spiro atoms. The maximum Gasteiger partial charge on any atom is 0.0282 e. The zero-order valence-electron chi connectivity index (χ0n) is 14.0. The molecular weight excluding hydrogens is 244 g/mol. The Kier molecular flexibility index (Phi) is 4.27. The predicted molar refractivity (Wildman–Crippen MR) is 87.1 cm³/mol. The van der Waals surface area contributed by atoms with Gasteiger partial charge in [0.1, 0.15) is 0 Å². The zero-order valence-corrected chi connectivity index (χ0v) is 14.0. The first-order valence-corrected chi connectivity index (χ1v) is 7.79. The molecule has 0 atom stereocenters. The Morgan fingerprint density at radius 1 is 1.10 bits per heavy atom. The van der Waals surface area contributed by atoms with E-state index in [1.807, 2.05) is 0 Å². The molecule has 20 heavy (non-hydrogen) atoms. The van der Waals surface area contributed by atoms with Crippen molar-refractivity contribution >= 4 is 0 Å². The Morgan fingerprint density at radius 3 is 2.25 bits per heavy atom. The van der Waals surface area contributed by atoms with Crippen LogP contribution in [0.2, 0.25) is 0 Å². The van der Waals surface area contributed by atoms with Crippen LogP contribution in [0.1, 0.15) is 58.6 Å². The van der Waals surface area contributed by atoms with Crippen molar-refractivity contribution in [3.8, 4) is 0 Å². The second kappa shape index (κ2) is 5.50. The van der Waals surface area contributed by atoms with E-state index >= 15 is 0 Å². The Bertz CT molecular complexity index is 443. The summed E-state index contributed by atoms with van der Waals surface area (Å²) in [6.45, 7) is 16.9. The van der Waals surface area contributed by atoms with Crippen LogP contribution >= 0.6 is 0 Å². The lowest BCUT2D eigenvalue weighted by atomic mass is 9.91. The summed E-state index contributed by atoms with van der Waals surface area (Å²) < 4.78 is 0. The summed E-state index contributed by atoms with van der Waals surface area (Å²) in [5, 5.41) is 3.65. The van der Waals surface area contributed by atoms with Crippen LogP contribution in [0.4, 0.5) is 0 Å². The van der Waals surface area contributed by atoms with E-state index < -0.39 is 0 Å². The Balaban J connectivity index is 2.10. The van der Waals surface area contributed by atoms with E-state index in [0.717, 1.165) is 19.6 Å². The molecule has 0 aromatic heterocycles. The third kappa shape index (κ3) is 3.62. The summed E-state index contributed by atoms with van der Waals surface area (Å²) in [6.07, 6.45) is 0. The molecule has 0 unspecified atom stereocenters. The minimum Gasteiger partial charge on any atom is -0.309 e. The van der Waals surface area contributed by atoms with Crippen LogP contribution in [0.25, 0.3) is 0 Å². The van der Waals surface area contributed by atoms with E-state index in [1.165, 1.54) is 11.1 Å². The third-order valence-corrected chi connectivity index (χ3v) is 4.46. The van der Waals surface area contributed by atoms with E-state index in [0.29, 0.717) is 5.92 Å². The number of hydrogen-bond donors (Lipinski definition) is 1. The van der Waals surface area contributed by atoms with Gasteiger partial charge >= 0.3 is 0 Å². The van der Waals surface area contributed by atoms with Crippen molar-refractivity contribution in [1.82, 2.24) is 10.2 Å². The molecule has 0 radical (unpaired) electrons. The summed E-state index contributed by atoms with van der Waals surface area (Å²) in [6, 6.07) is 9.14. The lowest BCUT2D eigenvalue weighted by Crippen LogP contribution is -2.65. The van der Waals surface area contributed by atoms with Gasteiger partial charge in [0, 0.05) is 30.7 Å². The Morgan fingerprint density at radius 2 is 1.70 bits per heavy atom. The van der Waals surface area contributed by atoms with Crippen molar-refractivity contribution in [3.63, 3.8) is 0 Å². The van der Waals surface area contributed by atoms with Crippen molar-refractivity contribution in [1.29, 1.82) is 0 Å². The highest BCUT2D eigenvalue weighted by molar-refractivity contribution is 5.25. The van der Waals surface area contributed by atoms with E-state index in [2.05, 4.69) is 76.0 Å². The monoisotopic (exact) mass is 274 g/mol. The second-order valence-electron chi connectivity index (χ2n) is 7.80. The zero-order chi connectivity index (χ0) is 15.0. The molecule has 112 valence electrons. The fraction of sp³-hybridized carbons (Fsp3) is 0.667. The molecule has 1 aliphatic rings. The topological polar surface area (TPSA) is 15.3 Å². The first-order valence-electron chi connectivity index (χ1n) is 7.79. The minimum absolute atomic E-state index is 0.202. The van der Waals surface area contributed by atoms with Gasteiger partial charge in [0.2, 0.25) is 0 Å². The van der Waals surface area contributed by atoms with Gasteiger partial charge in [-0.1, -0.05) is 38.1 Å². The Hall–Kier alpha value is -0.860. The largest absolute Gasteiger partial charge is 0.309 e. The molecule has 2 heteroatoms. The van der Waals surface area contributed by atoms with Crippen molar-refractivity contribution in [3.05, 3.63) is 35.4 Å². The number of rotatable bonds is 3. The van der Waals surface area contributed by atoms with Gasteiger partial charge in [-0.15, -0.1) is 0 Å². The quantitative estimate of drug-likeness (QED) is 0.902. The summed E-state index contributed by atoms with van der Waals surface area (Å²) >= 11 is 0. The molecule has 1 aromatic rings. The first-order chi connectivity index (χ1) is 9.20. The number of benzene rings is 1. The smallest absolute Gasteiger partial charge is 0.0282 e. The van der Waals surface area contributed by atoms with Crippen molar-refractivity contribution < 1.29 is 0 Å². The molecule has 0 aliphatic carbocycles. The maximum atomic E-state index is 3.65. The highest BCUT2D eigenvalue weighted by atomic mass is 15.3. The first kappa shape index (κ1) is 15.5. The fourth-order valence-corrected chi connectivity index (χ4v) is 2.81. The van der Waals surface area contributed by atoms with Gasteiger partial charge in [-0.3, -0.25) is 4.90 Å². The maximum absolute atomic E-state index is 3.65. The van der Waals surface area contributed by atoms with Crippen LogP contribution in [0, 0.1) is 0 Å². The number of hydrogen-bond acceptors (Lipinski definition) is 2. The van der Waals surface area contributed by atoms with Crippen LogP contribution < -0.4 is 5.32 Å². The molecule has 1 heterocycles. The van der Waals surface area contributed by atoms with Crippen LogP contribution in [0.15, 0.2) is 24.3 Å². The van der Waals surface area contributed by atoms with Crippen molar-refractivity contribution in [2.75, 3.05) is 13.1 Å². The summed E-state index contributed by atoms with van der Waals surface area (Å²) in [4.78, 5) is 2.61. The predicted octanol–water partition coefficient (Wildman–Crippen LogP) is 3.77. The fourth-order valence-electron chi connectivity index (χ4n) is 2.81. The van der Waals surface area contributed by atoms with Gasteiger partial charge in [0.15, 0.2) is 0 Å². The lowest BCUT2D eigenvalue weighted by Gasteiger charge is -2.49. The third-order valence-electron chi connectivity index (χ3n) is 4.46. The molecule has 1 fully saturated rings. The SMILES string of the molecule is CC(C)c1ccc(CN2CC(C)(C)NCC2(C)C)cc1. The molecule has 1 saturated heterocycles. The average Bonchev–Trinajstić information content (AvgIpc) is 2.35.